The first-order valence-electron chi connectivity index (χ1n) is 4.49. The Kier molecular flexibility index (Phi) is 2.17. The number of carbonyl (C=O) groups is 2. The predicted molar refractivity (Wildman–Crippen MR) is 52.3 cm³/mol. The van der Waals surface area contributed by atoms with Crippen molar-refractivity contribution in [2.45, 2.75) is 12.1 Å². The van der Waals surface area contributed by atoms with Gasteiger partial charge in [-0.05, 0) is 11.6 Å². The van der Waals surface area contributed by atoms with Gasteiger partial charge in [-0.3, -0.25) is 9.59 Å². The van der Waals surface area contributed by atoms with Crippen molar-refractivity contribution in [2.24, 2.45) is 5.73 Å². The van der Waals surface area contributed by atoms with E-state index in [2.05, 4.69) is 5.32 Å². The maximum atomic E-state index is 11.4. The van der Waals surface area contributed by atoms with E-state index in [0.717, 1.165) is 0 Å². The lowest BCUT2D eigenvalue weighted by molar-refractivity contribution is -0.139. The number of carboxylic acid groups (broad SMARTS) is 1. The van der Waals surface area contributed by atoms with E-state index in [0.29, 0.717) is 11.1 Å². The summed E-state index contributed by atoms with van der Waals surface area (Å²) < 4.78 is 0. The standard InChI is InChI=1S/C10H10N2O3/c11-7(10(14)15)8-5-3-1-2-4-6(5)9(13)12-8/h1-4,7-8H,11H2,(H,12,13)(H,14,15)/t7-,8-/m0/s1. The van der Waals surface area contributed by atoms with Crippen LogP contribution in [0.5, 0.6) is 0 Å². The molecule has 1 aliphatic heterocycles. The molecule has 4 N–H and O–H groups in total. The average Bonchev–Trinajstić information content (AvgIpc) is 2.56. The van der Waals surface area contributed by atoms with E-state index < -0.39 is 18.1 Å². The number of hydrogen-bond acceptors (Lipinski definition) is 3. The molecule has 1 aromatic rings. The molecule has 0 fully saturated rings. The summed E-state index contributed by atoms with van der Waals surface area (Å²) in [5, 5.41) is 11.3. The topological polar surface area (TPSA) is 92.4 Å². The van der Waals surface area contributed by atoms with Crippen molar-refractivity contribution in [1.82, 2.24) is 5.32 Å². The molecule has 0 saturated carbocycles. The first-order chi connectivity index (χ1) is 7.11. The molecule has 78 valence electrons. The quantitative estimate of drug-likeness (QED) is 0.629. The molecule has 5 heteroatoms. The summed E-state index contributed by atoms with van der Waals surface area (Å²) >= 11 is 0. The van der Waals surface area contributed by atoms with E-state index in [1.54, 1.807) is 24.3 Å². The molecule has 5 nitrogen and oxygen atoms in total. The number of nitrogens with one attached hydrogen (secondary N) is 1. The smallest absolute Gasteiger partial charge is 0.322 e. The van der Waals surface area contributed by atoms with Crippen LogP contribution in [0, 0.1) is 0 Å². The third-order valence-electron chi connectivity index (χ3n) is 2.47. The number of carbonyl (C=O) groups excluding carboxylic acids is 1. The van der Waals surface area contributed by atoms with Gasteiger partial charge in [-0.15, -0.1) is 0 Å². The Morgan fingerprint density at radius 3 is 2.80 bits per heavy atom. The molecule has 0 bridgehead atoms. The van der Waals surface area contributed by atoms with Crippen LogP contribution in [0.15, 0.2) is 24.3 Å². The van der Waals surface area contributed by atoms with Crippen molar-refractivity contribution in [3.8, 4) is 0 Å². The Morgan fingerprint density at radius 1 is 1.47 bits per heavy atom. The van der Waals surface area contributed by atoms with Crippen LogP contribution in [-0.2, 0) is 4.79 Å². The summed E-state index contributed by atoms with van der Waals surface area (Å²) in [7, 11) is 0. The molecule has 0 aliphatic carbocycles. The lowest BCUT2D eigenvalue weighted by atomic mass is 10.00. The van der Waals surface area contributed by atoms with Gasteiger partial charge >= 0.3 is 5.97 Å². The first kappa shape index (κ1) is 9.67. The van der Waals surface area contributed by atoms with Crippen LogP contribution in [0.3, 0.4) is 0 Å². The molecule has 1 aromatic carbocycles. The molecule has 1 aliphatic rings. The van der Waals surface area contributed by atoms with Gasteiger partial charge in [0.05, 0.1) is 6.04 Å². The van der Waals surface area contributed by atoms with Gasteiger partial charge in [0.15, 0.2) is 0 Å². The molecule has 0 aromatic heterocycles. The highest BCUT2D eigenvalue weighted by Gasteiger charge is 2.35. The third-order valence-corrected chi connectivity index (χ3v) is 2.47. The molecular weight excluding hydrogens is 196 g/mol. The zero-order valence-corrected chi connectivity index (χ0v) is 7.81. The average molecular weight is 206 g/mol. The zero-order valence-electron chi connectivity index (χ0n) is 7.81. The lowest BCUT2D eigenvalue weighted by Gasteiger charge is -2.15. The Hall–Kier alpha value is -1.88. The number of nitrogens with two attached hydrogens (primary N) is 1. The molecule has 0 spiro atoms. The molecule has 2 rings (SSSR count). The molecule has 0 unspecified atom stereocenters. The second-order valence-electron chi connectivity index (χ2n) is 3.40. The fourth-order valence-corrected chi connectivity index (χ4v) is 1.70. The van der Waals surface area contributed by atoms with Gasteiger partial charge in [0.2, 0.25) is 0 Å². The molecule has 2 atom stereocenters. The van der Waals surface area contributed by atoms with Crippen molar-refractivity contribution in [1.29, 1.82) is 0 Å². The van der Waals surface area contributed by atoms with Gasteiger partial charge in [-0.1, -0.05) is 18.2 Å². The van der Waals surface area contributed by atoms with Gasteiger partial charge < -0.3 is 16.2 Å². The predicted octanol–water partition coefficient (Wildman–Crippen LogP) is -0.117. The molecule has 0 radical (unpaired) electrons. The highest BCUT2D eigenvalue weighted by Crippen LogP contribution is 2.26. The van der Waals surface area contributed by atoms with Crippen LogP contribution in [0.4, 0.5) is 0 Å². The van der Waals surface area contributed by atoms with E-state index in [4.69, 9.17) is 10.8 Å². The van der Waals surface area contributed by atoms with E-state index >= 15 is 0 Å². The normalized spacial score (nSPS) is 20.6. The van der Waals surface area contributed by atoms with Crippen molar-refractivity contribution in [3.63, 3.8) is 0 Å². The van der Waals surface area contributed by atoms with E-state index in [-0.39, 0.29) is 5.91 Å². The van der Waals surface area contributed by atoms with Crippen LogP contribution in [0.1, 0.15) is 22.0 Å². The maximum absolute atomic E-state index is 11.4. The van der Waals surface area contributed by atoms with Gasteiger partial charge in [0, 0.05) is 5.56 Å². The number of carboxylic acids is 1. The highest BCUT2D eigenvalue weighted by molar-refractivity contribution is 6.00. The van der Waals surface area contributed by atoms with E-state index in [1.807, 2.05) is 0 Å². The lowest BCUT2D eigenvalue weighted by Crippen LogP contribution is -2.41. The molecule has 0 saturated heterocycles. The van der Waals surface area contributed by atoms with Crippen molar-refractivity contribution in [3.05, 3.63) is 35.4 Å². The molecule has 1 amide bonds. The second kappa shape index (κ2) is 3.36. The summed E-state index contributed by atoms with van der Waals surface area (Å²) in [6.07, 6.45) is 0. The highest BCUT2D eigenvalue weighted by atomic mass is 16.4. The fourth-order valence-electron chi connectivity index (χ4n) is 1.70. The van der Waals surface area contributed by atoms with Crippen molar-refractivity contribution >= 4 is 11.9 Å². The Balaban J connectivity index is 2.40. The molecular formula is C10H10N2O3. The molecule has 15 heavy (non-hydrogen) atoms. The minimum absolute atomic E-state index is 0.271. The Morgan fingerprint density at radius 2 is 2.13 bits per heavy atom. The SMILES string of the molecule is N[C@H](C(=O)O)[C@H]1NC(=O)c2ccccc21. The van der Waals surface area contributed by atoms with Crippen LogP contribution in [0.2, 0.25) is 0 Å². The monoisotopic (exact) mass is 206 g/mol. The number of hydrogen-bond donors (Lipinski definition) is 3. The summed E-state index contributed by atoms with van der Waals surface area (Å²) in [5.41, 5.74) is 6.63. The largest absolute Gasteiger partial charge is 0.480 e. The third kappa shape index (κ3) is 1.46. The fraction of sp³-hybridized carbons (Fsp3) is 0.200. The Bertz CT molecular complexity index is 430. The number of amides is 1. The van der Waals surface area contributed by atoms with Crippen molar-refractivity contribution < 1.29 is 14.7 Å². The maximum Gasteiger partial charge on any atom is 0.322 e. The van der Waals surface area contributed by atoms with Crippen LogP contribution < -0.4 is 11.1 Å². The van der Waals surface area contributed by atoms with E-state index in [9.17, 15) is 9.59 Å². The van der Waals surface area contributed by atoms with Crippen LogP contribution in [0.25, 0.3) is 0 Å². The van der Waals surface area contributed by atoms with Gasteiger partial charge in [0.25, 0.3) is 5.91 Å². The summed E-state index contributed by atoms with van der Waals surface area (Å²) in [4.78, 5) is 22.2. The number of benzene rings is 1. The van der Waals surface area contributed by atoms with E-state index in [1.165, 1.54) is 0 Å². The second-order valence-corrected chi connectivity index (χ2v) is 3.40. The van der Waals surface area contributed by atoms with Gasteiger partial charge in [-0.25, -0.2) is 0 Å². The number of aliphatic carboxylic acids is 1. The first-order valence-corrected chi connectivity index (χ1v) is 4.49. The minimum Gasteiger partial charge on any atom is -0.480 e. The number of fused-ring (bicyclic) bond motifs is 1. The summed E-state index contributed by atoms with van der Waals surface area (Å²) in [6.45, 7) is 0. The minimum atomic E-state index is -1.13. The van der Waals surface area contributed by atoms with Crippen LogP contribution >= 0.6 is 0 Å². The van der Waals surface area contributed by atoms with Gasteiger partial charge in [0.1, 0.15) is 6.04 Å². The molecule has 1 heterocycles. The van der Waals surface area contributed by atoms with Gasteiger partial charge in [-0.2, -0.15) is 0 Å². The summed E-state index contributed by atoms with van der Waals surface area (Å²) in [6, 6.07) is 5.09. The summed E-state index contributed by atoms with van der Waals surface area (Å²) in [5.74, 6) is -1.40. The zero-order chi connectivity index (χ0) is 11.0. The van der Waals surface area contributed by atoms with Crippen molar-refractivity contribution in [2.75, 3.05) is 0 Å². The Labute approximate surface area is 85.9 Å². The van der Waals surface area contributed by atoms with Crippen LogP contribution in [-0.4, -0.2) is 23.0 Å². The number of rotatable bonds is 2.